The lowest BCUT2D eigenvalue weighted by atomic mass is 9.91. The van der Waals surface area contributed by atoms with Crippen LogP contribution in [0.4, 0.5) is 13.2 Å². The molecule has 2 aromatic heterocycles. The van der Waals surface area contributed by atoms with Crippen molar-refractivity contribution in [1.29, 1.82) is 0 Å². The molecule has 8 heteroatoms. The average Bonchev–Trinajstić information content (AvgIpc) is 2.90. The number of piperidine rings is 1. The number of likely N-dealkylation sites (tertiary alicyclic amines) is 1. The Kier molecular flexibility index (Phi) is 5.74. The quantitative estimate of drug-likeness (QED) is 0.821. The molecule has 1 aliphatic rings. The van der Waals surface area contributed by atoms with Gasteiger partial charge in [-0.05, 0) is 69.3 Å². The van der Waals surface area contributed by atoms with E-state index in [1.54, 1.807) is 22.8 Å². The van der Waals surface area contributed by atoms with Crippen molar-refractivity contribution >= 4 is 11.5 Å². The molecule has 148 valence electrons. The number of hydrogen-bond donors (Lipinski definition) is 1. The predicted octanol–water partition coefficient (Wildman–Crippen LogP) is 3.94. The first-order chi connectivity index (χ1) is 12.8. The minimum Gasteiger partial charge on any atom is -0.478 e. The summed E-state index contributed by atoms with van der Waals surface area (Å²) in [4.78, 5) is 13.5. The molecule has 0 amide bonds. The minimum atomic E-state index is -4.10. The van der Waals surface area contributed by atoms with Gasteiger partial charge in [0.05, 0.1) is 17.5 Å². The van der Waals surface area contributed by atoms with Crippen molar-refractivity contribution in [1.82, 2.24) is 14.5 Å². The van der Waals surface area contributed by atoms with Crippen LogP contribution in [0.25, 0.3) is 5.52 Å². The number of fused-ring (bicyclic) bond motifs is 1. The van der Waals surface area contributed by atoms with Crippen molar-refractivity contribution < 1.29 is 23.1 Å². The van der Waals surface area contributed by atoms with Gasteiger partial charge in [0.15, 0.2) is 0 Å². The van der Waals surface area contributed by atoms with Crippen molar-refractivity contribution in [3.8, 4) is 0 Å². The lowest BCUT2D eigenvalue weighted by Crippen LogP contribution is -2.36. The van der Waals surface area contributed by atoms with Gasteiger partial charge in [0.1, 0.15) is 0 Å². The summed E-state index contributed by atoms with van der Waals surface area (Å²) in [6, 6.07) is 3.48. The summed E-state index contributed by atoms with van der Waals surface area (Å²) >= 11 is 0. The van der Waals surface area contributed by atoms with Crippen LogP contribution in [-0.2, 0) is 6.42 Å². The van der Waals surface area contributed by atoms with Gasteiger partial charge in [-0.15, -0.1) is 0 Å². The van der Waals surface area contributed by atoms with Gasteiger partial charge in [0, 0.05) is 18.4 Å². The number of carbonyl (C=O) groups is 1. The van der Waals surface area contributed by atoms with Crippen LogP contribution >= 0.6 is 0 Å². The molecular weight excluding hydrogens is 359 g/mol. The van der Waals surface area contributed by atoms with E-state index < -0.39 is 18.6 Å². The highest BCUT2D eigenvalue weighted by molar-refractivity contribution is 5.98. The summed E-state index contributed by atoms with van der Waals surface area (Å²) in [5, 5.41) is 13.8. The van der Waals surface area contributed by atoms with Gasteiger partial charge in [-0.1, -0.05) is 0 Å². The Labute approximate surface area is 155 Å². The fourth-order valence-electron chi connectivity index (χ4n) is 3.96. The molecule has 0 aromatic carbocycles. The van der Waals surface area contributed by atoms with Gasteiger partial charge in [0.2, 0.25) is 0 Å². The van der Waals surface area contributed by atoms with E-state index >= 15 is 0 Å². The molecule has 1 N–H and O–H groups in total. The standard InChI is InChI=1S/C19H24F3N3O2/c1-13-15(25-16(3-2-9-23-25)17(13)18(26)27)5-4-14-6-10-24(11-7-14)12-8-19(20,21)22/h2-3,9,14H,4-8,10-12H2,1H3,(H,26,27). The Hall–Kier alpha value is -2.09. The molecule has 3 heterocycles. The summed E-state index contributed by atoms with van der Waals surface area (Å²) in [6.07, 6.45) is 0.135. The molecule has 27 heavy (non-hydrogen) atoms. The number of halogens is 3. The van der Waals surface area contributed by atoms with Crippen LogP contribution in [0, 0.1) is 12.8 Å². The number of nitrogens with zero attached hydrogens (tertiary/aromatic N) is 3. The van der Waals surface area contributed by atoms with Crippen LogP contribution in [0.3, 0.4) is 0 Å². The van der Waals surface area contributed by atoms with Crippen molar-refractivity contribution in [2.45, 2.75) is 45.2 Å². The number of hydrogen-bond acceptors (Lipinski definition) is 3. The molecule has 1 aliphatic heterocycles. The molecule has 3 rings (SSSR count). The molecule has 0 unspecified atom stereocenters. The lowest BCUT2D eigenvalue weighted by Gasteiger charge is -2.32. The number of rotatable bonds is 6. The van der Waals surface area contributed by atoms with Crippen LogP contribution in [0.5, 0.6) is 0 Å². The van der Waals surface area contributed by atoms with E-state index in [-0.39, 0.29) is 6.54 Å². The molecule has 0 atom stereocenters. The zero-order valence-electron chi connectivity index (χ0n) is 15.3. The van der Waals surface area contributed by atoms with Gasteiger partial charge in [-0.25, -0.2) is 9.31 Å². The molecule has 1 fully saturated rings. The Morgan fingerprint density at radius 3 is 2.67 bits per heavy atom. The molecule has 1 saturated heterocycles. The van der Waals surface area contributed by atoms with Crippen molar-refractivity contribution in [3.05, 3.63) is 35.2 Å². The molecule has 0 radical (unpaired) electrons. The summed E-state index contributed by atoms with van der Waals surface area (Å²) in [7, 11) is 0. The monoisotopic (exact) mass is 383 g/mol. The van der Waals surface area contributed by atoms with Crippen LogP contribution in [0.2, 0.25) is 0 Å². The summed E-state index contributed by atoms with van der Waals surface area (Å²) < 4.78 is 38.7. The highest BCUT2D eigenvalue weighted by atomic mass is 19.4. The highest BCUT2D eigenvalue weighted by Crippen LogP contribution is 2.28. The first-order valence-electron chi connectivity index (χ1n) is 9.24. The zero-order valence-corrected chi connectivity index (χ0v) is 15.3. The molecule has 0 spiro atoms. The third kappa shape index (κ3) is 4.61. The predicted molar refractivity (Wildman–Crippen MR) is 95.0 cm³/mol. The number of carboxylic acid groups (broad SMARTS) is 1. The number of alkyl halides is 3. The van der Waals surface area contributed by atoms with E-state index in [4.69, 9.17) is 0 Å². The maximum absolute atomic E-state index is 12.3. The van der Waals surface area contributed by atoms with Crippen LogP contribution < -0.4 is 0 Å². The Morgan fingerprint density at radius 1 is 1.33 bits per heavy atom. The van der Waals surface area contributed by atoms with Gasteiger partial charge in [0.25, 0.3) is 0 Å². The van der Waals surface area contributed by atoms with E-state index in [0.717, 1.165) is 30.5 Å². The largest absolute Gasteiger partial charge is 0.478 e. The van der Waals surface area contributed by atoms with Crippen LogP contribution in [0.1, 0.15) is 47.3 Å². The minimum absolute atomic E-state index is 0.0740. The summed E-state index contributed by atoms with van der Waals surface area (Å²) in [5.41, 5.74) is 2.53. The Bertz CT molecular complexity index is 808. The molecule has 2 aromatic rings. The zero-order chi connectivity index (χ0) is 19.6. The third-order valence-corrected chi connectivity index (χ3v) is 5.49. The molecule has 5 nitrogen and oxygen atoms in total. The van der Waals surface area contributed by atoms with Crippen molar-refractivity contribution in [2.75, 3.05) is 19.6 Å². The Morgan fingerprint density at radius 2 is 2.04 bits per heavy atom. The number of aryl methyl sites for hydroxylation is 1. The Balaban J connectivity index is 1.60. The second-order valence-electron chi connectivity index (χ2n) is 7.26. The smallest absolute Gasteiger partial charge is 0.390 e. The molecular formula is C19H24F3N3O2. The van der Waals surface area contributed by atoms with E-state index in [0.29, 0.717) is 36.5 Å². The second-order valence-corrected chi connectivity index (χ2v) is 7.26. The van der Waals surface area contributed by atoms with Gasteiger partial charge >= 0.3 is 12.1 Å². The SMILES string of the molecule is Cc1c(C(=O)O)c2cccnn2c1CCC1CCN(CCC(F)(F)F)CC1. The lowest BCUT2D eigenvalue weighted by molar-refractivity contribution is -0.138. The number of aromatic nitrogens is 2. The third-order valence-electron chi connectivity index (χ3n) is 5.49. The maximum Gasteiger partial charge on any atom is 0.390 e. The molecule has 0 saturated carbocycles. The van der Waals surface area contributed by atoms with Crippen LogP contribution in [-0.4, -0.2) is 51.4 Å². The van der Waals surface area contributed by atoms with Crippen molar-refractivity contribution in [3.63, 3.8) is 0 Å². The summed E-state index contributed by atoms with van der Waals surface area (Å²) in [6.45, 7) is 3.26. The first kappa shape index (κ1) is 19.7. The molecule has 0 aliphatic carbocycles. The first-order valence-corrected chi connectivity index (χ1v) is 9.24. The van der Waals surface area contributed by atoms with E-state index in [2.05, 4.69) is 5.10 Å². The number of aromatic carboxylic acids is 1. The van der Waals surface area contributed by atoms with E-state index in [1.165, 1.54) is 0 Å². The maximum atomic E-state index is 12.3. The summed E-state index contributed by atoms with van der Waals surface area (Å²) in [5.74, 6) is -0.517. The van der Waals surface area contributed by atoms with Gasteiger partial charge < -0.3 is 10.0 Å². The van der Waals surface area contributed by atoms with Gasteiger partial charge in [-0.2, -0.15) is 18.3 Å². The van der Waals surface area contributed by atoms with Crippen LogP contribution in [0.15, 0.2) is 18.3 Å². The topological polar surface area (TPSA) is 57.8 Å². The van der Waals surface area contributed by atoms with Gasteiger partial charge in [-0.3, -0.25) is 0 Å². The van der Waals surface area contributed by atoms with E-state index in [9.17, 15) is 23.1 Å². The molecule has 0 bridgehead atoms. The fraction of sp³-hybridized carbons (Fsp3) is 0.579. The fourth-order valence-corrected chi connectivity index (χ4v) is 3.96. The van der Waals surface area contributed by atoms with E-state index in [1.807, 2.05) is 11.8 Å². The normalized spacial score (nSPS) is 16.9. The average molecular weight is 383 g/mol. The van der Waals surface area contributed by atoms with Crippen molar-refractivity contribution in [2.24, 2.45) is 5.92 Å². The number of carboxylic acids is 1. The highest BCUT2D eigenvalue weighted by Gasteiger charge is 2.29. The second kappa shape index (κ2) is 7.88.